The molecule has 0 unspecified atom stereocenters. The van der Waals surface area contributed by atoms with Gasteiger partial charge in [-0.2, -0.15) is 0 Å². The van der Waals surface area contributed by atoms with Crippen molar-refractivity contribution in [1.82, 2.24) is 24.3 Å². The SMILES string of the molecule is CCn1cnnc1Cn1c(CCCl)nc2cc(Br)ccc21. The smallest absolute Gasteiger partial charge is 0.152 e. The summed E-state index contributed by atoms with van der Waals surface area (Å²) < 4.78 is 5.23. The Balaban J connectivity index is 2.08. The molecule has 0 radical (unpaired) electrons. The summed E-state index contributed by atoms with van der Waals surface area (Å²) in [5.41, 5.74) is 2.05. The Morgan fingerprint density at radius 2 is 2.14 bits per heavy atom. The van der Waals surface area contributed by atoms with Gasteiger partial charge in [0.1, 0.15) is 12.2 Å². The molecule has 3 aromatic rings. The molecule has 110 valence electrons. The molecule has 0 aliphatic rings. The number of hydrogen-bond acceptors (Lipinski definition) is 3. The van der Waals surface area contributed by atoms with E-state index in [2.05, 4.69) is 43.7 Å². The summed E-state index contributed by atoms with van der Waals surface area (Å²) in [6.07, 6.45) is 2.49. The van der Waals surface area contributed by atoms with Crippen molar-refractivity contribution in [2.75, 3.05) is 5.88 Å². The van der Waals surface area contributed by atoms with Crippen LogP contribution in [0, 0.1) is 0 Å². The lowest BCUT2D eigenvalue weighted by Crippen LogP contribution is -2.11. The number of aryl methyl sites for hydroxylation is 2. The monoisotopic (exact) mass is 367 g/mol. The molecule has 0 aliphatic heterocycles. The molecule has 0 aliphatic carbocycles. The number of benzene rings is 1. The predicted octanol–water partition coefficient (Wildman–Crippen LogP) is 3.24. The van der Waals surface area contributed by atoms with E-state index in [1.165, 1.54) is 0 Å². The zero-order valence-corrected chi connectivity index (χ0v) is 14.0. The Morgan fingerprint density at radius 1 is 1.29 bits per heavy atom. The normalized spacial score (nSPS) is 11.4. The lowest BCUT2D eigenvalue weighted by Gasteiger charge is -2.09. The summed E-state index contributed by atoms with van der Waals surface area (Å²) >= 11 is 9.40. The van der Waals surface area contributed by atoms with Crippen LogP contribution in [0.2, 0.25) is 0 Å². The van der Waals surface area contributed by atoms with Crippen LogP contribution in [0.15, 0.2) is 29.0 Å². The summed E-state index contributed by atoms with van der Waals surface area (Å²) in [7, 11) is 0. The second-order valence-electron chi connectivity index (χ2n) is 4.72. The van der Waals surface area contributed by atoms with Crippen LogP contribution >= 0.6 is 27.5 Å². The standard InChI is InChI=1S/C14H15BrClN5/c1-2-20-9-17-19-14(20)8-21-12-4-3-10(15)7-11(12)18-13(21)5-6-16/h3-4,7,9H,2,5-6,8H2,1H3. The maximum Gasteiger partial charge on any atom is 0.152 e. The number of imidazole rings is 1. The number of nitrogens with zero attached hydrogens (tertiary/aromatic N) is 5. The molecule has 21 heavy (non-hydrogen) atoms. The van der Waals surface area contributed by atoms with Gasteiger partial charge in [-0.15, -0.1) is 21.8 Å². The van der Waals surface area contributed by atoms with Crippen LogP contribution in [0.5, 0.6) is 0 Å². The van der Waals surface area contributed by atoms with Gasteiger partial charge < -0.3 is 9.13 Å². The maximum absolute atomic E-state index is 5.91. The molecular formula is C14H15BrClN5. The van der Waals surface area contributed by atoms with Gasteiger partial charge in [0.15, 0.2) is 5.82 Å². The van der Waals surface area contributed by atoms with E-state index in [-0.39, 0.29) is 0 Å². The molecule has 3 rings (SSSR count). The van der Waals surface area contributed by atoms with Gasteiger partial charge >= 0.3 is 0 Å². The van der Waals surface area contributed by atoms with Crippen molar-refractivity contribution >= 4 is 38.6 Å². The van der Waals surface area contributed by atoms with Crippen molar-refractivity contribution in [3.63, 3.8) is 0 Å². The number of hydrogen-bond donors (Lipinski definition) is 0. The lowest BCUT2D eigenvalue weighted by molar-refractivity contribution is 0.643. The minimum absolute atomic E-state index is 0.547. The molecule has 0 amide bonds. The van der Waals surface area contributed by atoms with Crippen LogP contribution in [0.4, 0.5) is 0 Å². The van der Waals surface area contributed by atoms with Crippen LogP contribution in [-0.4, -0.2) is 30.2 Å². The molecule has 1 aromatic carbocycles. The summed E-state index contributed by atoms with van der Waals surface area (Å²) in [5, 5.41) is 8.20. The molecule has 0 bridgehead atoms. The highest BCUT2D eigenvalue weighted by atomic mass is 79.9. The van der Waals surface area contributed by atoms with Crippen molar-refractivity contribution in [1.29, 1.82) is 0 Å². The Kier molecular flexibility index (Phi) is 4.26. The fourth-order valence-electron chi connectivity index (χ4n) is 2.41. The second kappa shape index (κ2) is 6.15. The van der Waals surface area contributed by atoms with Crippen LogP contribution in [0.3, 0.4) is 0 Å². The molecule has 0 fully saturated rings. The van der Waals surface area contributed by atoms with Gasteiger partial charge in [-0.05, 0) is 25.1 Å². The van der Waals surface area contributed by atoms with Crippen LogP contribution in [0.1, 0.15) is 18.6 Å². The van der Waals surface area contributed by atoms with E-state index in [0.29, 0.717) is 12.4 Å². The first-order valence-corrected chi connectivity index (χ1v) is 8.13. The Labute approximate surface area is 136 Å². The molecule has 0 spiro atoms. The van der Waals surface area contributed by atoms with E-state index in [1.807, 2.05) is 16.7 Å². The van der Waals surface area contributed by atoms with Crippen molar-refractivity contribution in [2.24, 2.45) is 0 Å². The first kappa shape index (κ1) is 14.5. The van der Waals surface area contributed by atoms with E-state index < -0.39 is 0 Å². The molecule has 5 nitrogen and oxygen atoms in total. The first-order chi connectivity index (χ1) is 10.2. The molecule has 0 saturated carbocycles. The number of halogens is 2. The Bertz CT molecular complexity index is 764. The third kappa shape index (κ3) is 2.82. The number of alkyl halides is 1. The van der Waals surface area contributed by atoms with Gasteiger partial charge in [-0.3, -0.25) is 0 Å². The molecule has 2 aromatic heterocycles. The van der Waals surface area contributed by atoms with Gasteiger partial charge in [-0.1, -0.05) is 15.9 Å². The zero-order valence-electron chi connectivity index (χ0n) is 11.6. The fraction of sp³-hybridized carbons (Fsp3) is 0.357. The lowest BCUT2D eigenvalue weighted by atomic mass is 10.3. The van der Waals surface area contributed by atoms with Gasteiger partial charge in [-0.25, -0.2) is 4.98 Å². The van der Waals surface area contributed by atoms with Crippen LogP contribution in [-0.2, 0) is 19.5 Å². The van der Waals surface area contributed by atoms with E-state index in [9.17, 15) is 0 Å². The average molecular weight is 369 g/mol. The summed E-state index contributed by atoms with van der Waals surface area (Å²) in [6.45, 7) is 3.58. The van der Waals surface area contributed by atoms with E-state index in [0.717, 1.165) is 40.1 Å². The molecular weight excluding hydrogens is 354 g/mol. The van der Waals surface area contributed by atoms with Crippen molar-refractivity contribution in [3.05, 3.63) is 40.6 Å². The van der Waals surface area contributed by atoms with Gasteiger partial charge in [0.25, 0.3) is 0 Å². The third-order valence-electron chi connectivity index (χ3n) is 3.44. The number of fused-ring (bicyclic) bond motifs is 1. The average Bonchev–Trinajstić information content (AvgIpc) is 3.04. The summed E-state index contributed by atoms with van der Waals surface area (Å²) in [6, 6.07) is 6.11. The molecule has 0 saturated heterocycles. The molecule has 0 N–H and O–H groups in total. The quantitative estimate of drug-likeness (QED) is 0.650. The van der Waals surface area contributed by atoms with Crippen molar-refractivity contribution < 1.29 is 0 Å². The number of aromatic nitrogens is 5. The summed E-state index contributed by atoms with van der Waals surface area (Å²) in [4.78, 5) is 4.69. The maximum atomic E-state index is 5.91. The van der Waals surface area contributed by atoms with Gasteiger partial charge in [0, 0.05) is 23.3 Å². The van der Waals surface area contributed by atoms with Gasteiger partial charge in [0.05, 0.1) is 17.6 Å². The Hall–Kier alpha value is -1.40. The molecule has 0 atom stereocenters. The number of rotatable bonds is 5. The largest absolute Gasteiger partial charge is 0.320 e. The highest BCUT2D eigenvalue weighted by Crippen LogP contribution is 2.22. The third-order valence-corrected chi connectivity index (χ3v) is 4.13. The first-order valence-electron chi connectivity index (χ1n) is 6.80. The molecule has 2 heterocycles. The predicted molar refractivity (Wildman–Crippen MR) is 86.7 cm³/mol. The fourth-order valence-corrected chi connectivity index (χ4v) is 2.93. The van der Waals surface area contributed by atoms with E-state index in [1.54, 1.807) is 6.33 Å². The van der Waals surface area contributed by atoms with E-state index >= 15 is 0 Å². The highest BCUT2D eigenvalue weighted by molar-refractivity contribution is 9.10. The van der Waals surface area contributed by atoms with E-state index in [4.69, 9.17) is 16.6 Å². The van der Waals surface area contributed by atoms with Crippen LogP contribution < -0.4 is 0 Å². The van der Waals surface area contributed by atoms with Crippen molar-refractivity contribution in [2.45, 2.75) is 26.4 Å². The Morgan fingerprint density at radius 3 is 2.90 bits per heavy atom. The van der Waals surface area contributed by atoms with Crippen molar-refractivity contribution in [3.8, 4) is 0 Å². The minimum atomic E-state index is 0.547. The molecule has 7 heteroatoms. The second-order valence-corrected chi connectivity index (χ2v) is 6.01. The summed E-state index contributed by atoms with van der Waals surface area (Å²) in [5.74, 6) is 2.45. The highest BCUT2D eigenvalue weighted by Gasteiger charge is 2.13. The van der Waals surface area contributed by atoms with Gasteiger partial charge in [0.2, 0.25) is 0 Å². The minimum Gasteiger partial charge on any atom is -0.320 e. The topological polar surface area (TPSA) is 48.5 Å². The van der Waals surface area contributed by atoms with Crippen LogP contribution in [0.25, 0.3) is 11.0 Å². The zero-order chi connectivity index (χ0) is 14.8.